The number of nitrogens with one attached hydrogen (secondary N) is 1. The van der Waals surface area contributed by atoms with E-state index in [0.717, 1.165) is 25.0 Å². The number of nitrogens with zero attached hydrogens (tertiary/aromatic N) is 2. The molecule has 1 heterocycles. The van der Waals surface area contributed by atoms with E-state index in [-0.39, 0.29) is 18.1 Å². The second-order valence-electron chi connectivity index (χ2n) is 7.93. The lowest BCUT2D eigenvalue weighted by Gasteiger charge is -2.35. The van der Waals surface area contributed by atoms with Gasteiger partial charge < -0.3 is 14.8 Å². The highest BCUT2D eigenvalue weighted by Crippen LogP contribution is 2.34. The number of ether oxygens (including phenoxy) is 2. The van der Waals surface area contributed by atoms with Gasteiger partial charge in [0.25, 0.3) is 0 Å². The number of aromatic nitrogens is 2. The molecule has 1 fully saturated rings. The Morgan fingerprint density at radius 2 is 1.90 bits per heavy atom. The highest BCUT2D eigenvalue weighted by atomic mass is 19.4. The number of amides is 1. The van der Waals surface area contributed by atoms with Crippen molar-refractivity contribution >= 4 is 5.91 Å². The minimum absolute atomic E-state index is 0.0277. The third-order valence-corrected chi connectivity index (χ3v) is 5.20. The monoisotopic (exact) mass is 437 g/mol. The van der Waals surface area contributed by atoms with Crippen molar-refractivity contribution in [3.8, 4) is 17.1 Å². The fourth-order valence-corrected chi connectivity index (χ4v) is 3.50. The maximum absolute atomic E-state index is 12.8. The van der Waals surface area contributed by atoms with Gasteiger partial charge in [-0.3, -0.25) is 4.79 Å². The maximum Gasteiger partial charge on any atom is 0.416 e. The van der Waals surface area contributed by atoms with Gasteiger partial charge in [-0.1, -0.05) is 12.1 Å². The van der Waals surface area contributed by atoms with Crippen LogP contribution in [-0.2, 0) is 15.7 Å². The molecular weight excluding hydrogens is 411 g/mol. The van der Waals surface area contributed by atoms with E-state index in [1.54, 1.807) is 6.92 Å². The minimum atomic E-state index is -4.38. The third kappa shape index (κ3) is 6.16. The van der Waals surface area contributed by atoms with E-state index in [0.29, 0.717) is 41.8 Å². The topological polar surface area (TPSA) is 73.3 Å². The van der Waals surface area contributed by atoms with Crippen LogP contribution in [0.2, 0.25) is 0 Å². The Labute approximate surface area is 179 Å². The predicted octanol–water partition coefficient (Wildman–Crippen LogP) is 4.17. The second-order valence-corrected chi connectivity index (χ2v) is 7.93. The van der Waals surface area contributed by atoms with Crippen LogP contribution in [0.3, 0.4) is 0 Å². The van der Waals surface area contributed by atoms with Gasteiger partial charge in [0.2, 0.25) is 11.8 Å². The number of alkyl halides is 3. The van der Waals surface area contributed by atoms with Crippen molar-refractivity contribution in [2.75, 3.05) is 13.2 Å². The van der Waals surface area contributed by atoms with Crippen LogP contribution in [0.4, 0.5) is 13.2 Å². The summed E-state index contributed by atoms with van der Waals surface area (Å²) in [5.74, 6) is 0.686. The van der Waals surface area contributed by atoms with Gasteiger partial charge in [-0.2, -0.15) is 13.2 Å². The van der Waals surface area contributed by atoms with Crippen LogP contribution in [0.5, 0.6) is 5.88 Å². The average molecular weight is 437 g/mol. The molecule has 0 bridgehead atoms. The van der Waals surface area contributed by atoms with Crippen molar-refractivity contribution < 1.29 is 27.4 Å². The van der Waals surface area contributed by atoms with Gasteiger partial charge in [0.15, 0.2) is 0 Å². The molecule has 1 aliphatic rings. The van der Waals surface area contributed by atoms with Gasteiger partial charge in [-0.15, -0.1) is 0 Å². The zero-order chi connectivity index (χ0) is 22.6. The van der Waals surface area contributed by atoms with Crippen molar-refractivity contribution in [2.24, 2.45) is 5.92 Å². The van der Waals surface area contributed by atoms with Crippen LogP contribution >= 0.6 is 0 Å². The Bertz CT molecular complexity index is 897. The van der Waals surface area contributed by atoms with Crippen molar-refractivity contribution in [3.63, 3.8) is 0 Å². The molecule has 1 N–H and O–H groups in total. The first-order valence-corrected chi connectivity index (χ1v) is 10.1. The number of rotatable bonds is 8. The van der Waals surface area contributed by atoms with Crippen LogP contribution < -0.4 is 10.1 Å². The van der Waals surface area contributed by atoms with E-state index in [4.69, 9.17) is 9.47 Å². The van der Waals surface area contributed by atoms with Gasteiger partial charge in [0.05, 0.1) is 30.6 Å². The van der Waals surface area contributed by atoms with E-state index in [1.807, 2.05) is 6.92 Å². The molecule has 1 amide bonds. The lowest BCUT2D eigenvalue weighted by molar-refractivity contribution is -0.137. The van der Waals surface area contributed by atoms with E-state index in [1.165, 1.54) is 25.4 Å². The predicted molar refractivity (Wildman–Crippen MR) is 108 cm³/mol. The number of hydrogen-bond donors (Lipinski definition) is 1. The maximum atomic E-state index is 12.8. The average Bonchev–Trinajstić information content (AvgIpc) is 2.66. The smallest absolute Gasteiger partial charge is 0.416 e. The van der Waals surface area contributed by atoms with Crippen molar-refractivity contribution in [1.29, 1.82) is 0 Å². The van der Waals surface area contributed by atoms with E-state index < -0.39 is 11.7 Å². The summed E-state index contributed by atoms with van der Waals surface area (Å²) in [6.07, 6.45) is -1.14. The summed E-state index contributed by atoms with van der Waals surface area (Å²) in [4.78, 5) is 19.4. The molecule has 1 aliphatic carbocycles. The highest BCUT2D eigenvalue weighted by Gasteiger charge is 2.31. The summed E-state index contributed by atoms with van der Waals surface area (Å²) in [6.45, 7) is 6.11. The molecule has 9 heteroatoms. The molecule has 1 saturated carbocycles. The van der Waals surface area contributed by atoms with Crippen LogP contribution in [-0.4, -0.2) is 41.2 Å². The molecule has 0 unspecified atom stereocenters. The van der Waals surface area contributed by atoms with Crippen LogP contribution in [0, 0.1) is 12.8 Å². The first-order chi connectivity index (χ1) is 14.6. The summed E-state index contributed by atoms with van der Waals surface area (Å²) in [5, 5.41) is 2.78. The van der Waals surface area contributed by atoms with Gasteiger partial charge in [0.1, 0.15) is 6.33 Å². The number of benzene rings is 1. The Morgan fingerprint density at radius 1 is 1.23 bits per heavy atom. The molecule has 0 saturated heterocycles. The normalized spacial score (nSPS) is 19.4. The largest absolute Gasteiger partial charge is 0.477 e. The number of hydrogen-bond acceptors (Lipinski definition) is 5. The Balaban J connectivity index is 1.51. The Morgan fingerprint density at radius 3 is 2.52 bits per heavy atom. The minimum Gasteiger partial charge on any atom is -0.477 e. The van der Waals surface area contributed by atoms with Crippen LogP contribution in [0.15, 0.2) is 30.6 Å². The molecule has 3 rings (SSSR count). The molecule has 31 heavy (non-hydrogen) atoms. The first-order valence-electron chi connectivity index (χ1n) is 10.1. The molecule has 0 aliphatic heterocycles. The van der Waals surface area contributed by atoms with Gasteiger partial charge in [0, 0.05) is 24.1 Å². The first kappa shape index (κ1) is 23.0. The van der Waals surface area contributed by atoms with E-state index in [9.17, 15) is 18.0 Å². The van der Waals surface area contributed by atoms with Crippen molar-refractivity contribution in [3.05, 3.63) is 41.7 Å². The summed E-state index contributed by atoms with van der Waals surface area (Å²) in [5.41, 5.74) is 1.09. The van der Waals surface area contributed by atoms with Crippen molar-refractivity contribution in [1.82, 2.24) is 15.3 Å². The summed E-state index contributed by atoms with van der Waals surface area (Å²) >= 11 is 0. The molecule has 0 spiro atoms. The second kappa shape index (κ2) is 9.64. The third-order valence-electron chi connectivity index (χ3n) is 5.20. The molecular formula is C22H26F3N3O3. The van der Waals surface area contributed by atoms with Gasteiger partial charge >= 0.3 is 6.18 Å². The zero-order valence-electron chi connectivity index (χ0n) is 17.7. The number of halogens is 3. The molecule has 1 aromatic carbocycles. The SMILES string of the molecule is CC(=O)N[C@@H](C)CO[C@H]1C[C@H](COc2ncnc(-c3ccc(C(F)(F)F)cc3)c2C)C1. The molecule has 1 atom stereocenters. The summed E-state index contributed by atoms with van der Waals surface area (Å²) in [7, 11) is 0. The van der Waals surface area contributed by atoms with E-state index in [2.05, 4.69) is 15.3 Å². The number of carbonyl (C=O) groups excluding carboxylic acids is 1. The standard InChI is InChI=1S/C22H26F3N3O3/c1-13(28-15(3)29)10-30-19-8-16(9-19)11-31-21-14(2)20(26-12-27-21)17-4-6-18(7-5-17)22(23,24)25/h4-7,12-13,16,19H,8-11H2,1-3H3,(H,28,29)/t13-,16-,19-/m0/s1. The summed E-state index contributed by atoms with van der Waals surface area (Å²) in [6, 6.07) is 4.85. The lowest BCUT2D eigenvalue weighted by Crippen LogP contribution is -2.40. The molecule has 6 nitrogen and oxygen atoms in total. The molecule has 2 aromatic rings. The van der Waals surface area contributed by atoms with Crippen molar-refractivity contribution in [2.45, 2.75) is 51.9 Å². The Hall–Kier alpha value is -2.68. The van der Waals surface area contributed by atoms with Gasteiger partial charge in [-0.05, 0) is 44.7 Å². The Kier molecular flexibility index (Phi) is 7.15. The van der Waals surface area contributed by atoms with Gasteiger partial charge in [-0.25, -0.2) is 9.97 Å². The fourth-order valence-electron chi connectivity index (χ4n) is 3.50. The van der Waals surface area contributed by atoms with Crippen LogP contribution in [0.25, 0.3) is 11.3 Å². The van der Waals surface area contributed by atoms with E-state index >= 15 is 0 Å². The molecule has 1 aromatic heterocycles. The quantitative estimate of drug-likeness (QED) is 0.671. The lowest BCUT2D eigenvalue weighted by atomic mass is 9.83. The molecule has 168 valence electrons. The summed E-state index contributed by atoms with van der Waals surface area (Å²) < 4.78 is 50.0. The number of carbonyl (C=O) groups is 1. The zero-order valence-corrected chi connectivity index (χ0v) is 17.7. The fraction of sp³-hybridized carbons (Fsp3) is 0.500. The van der Waals surface area contributed by atoms with Crippen LogP contribution in [0.1, 0.15) is 37.8 Å². The molecule has 0 radical (unpaired) electrons. The highest BCUT2D eigenvalue weighted by molar-refractivity contribution is 5.73.